The van der Waals surface area contributed by atoms with Crippen LogP contribution >= 0.6 is 23.2 Å². The smallest absolute Gasteiger partial charge is 0.245 e. The molecule has 2 heterocycles. The van der Waals surface area contributed by atoms with Gasteiger partial charge in [-0.25, -0.2) is 0 Å². The zero-order chi connectivity index (χ0) is 15.0. The summed E-state index contributed by atoms with van der Waals surface area (Å²) in [6.07, 6.45) is 1.05. The van der Waals surface area contributed by atoms with Crippen molar-refractivity contribution < 1.29 is 0 Å². The van der Waals surface area contributed by atoms with Gasteiger partial charge in [-0.1, -0.05) is 30.1 Å². The number of nitrogens with one attached hydrogen (secondary N) is 1. The van der Waals surface area contributed by atoms with Crippen molar-refractivity contribution in [3.8, 4) is 11.4 Å². The Morgan fingerprint density at radius 1 is 1.29 bits per heavy atom. The fourth-order valence-electron chi connectivity index (χ4n) is 2.49. The highest BCUT2D eigenvalue weighted by Gasteiger charge is 2.25. The fourth-order valence-corrected chi connectivity index (χ4v) is 3.02. The molecule has 0 saturated carbocycles. The summed E-state index contributed by atoms with van der Waals surface area (Å²) >= 11 is 12.0. The number of hydrogen-bond acceptors (Lipinski definition) is 4. The second-order valence-electron chi connectivity index (χ2n) is 5.52. The number of nitrogens with two attached hydrogens (primary N) is 1. The molecule has 2 unspecified atom stereocenters. The zero-order valence-electron chi connectivity index (χ0n) is 11.7. The number of rotatable bonds is 2. The molecule has 1 aromatic heterocycles. The molecule has 5 nitrogen and oxygen atoms in total. The summed E-state index contributed by atoms with van der Waals surface area (Å²) in [5.41, 5.74) is 6.94. The summed E-state index contributed by atoms with van der Waals surface area (Å²) in [4.78, 5) is 6.64. The van der Waals surface area contributed by atoms with Crippen LogP contribution in [0, 0.1) is 5.92 Å². The molecule has 21 heavy (non-hydrogen) atoms. The molecule has 0 radical (unpaired) electrons. The Labute approximate surface area is 133 Å². The van der Waals surface area contributed by atoms with E-state index >= 15 is 0 Å². The van der Waals surface area contributed by atoms with E-state index in [2.05, 4.69) is 27.0 Å². The normalized spacial score (nSPS) is 22.6. The average Bonchev–Trinajstić information content (AvgIpc) is 2.90. The topological polar surface area (TPSA) is 70.8 Å². The Morgan fingerprint density at radius 3 is 2.67 bits per heavy atom. The molecule has 0 bridgehead atoms. The largest absolute Gasteiger partial charge is 0.338 e. The maximum absolute atomic E-state index is 6.12. The Kier molecular flexibility index (Phi) is 4.06. The van der Waals surface area contributed by atoms with Gasteiger partial charge in [0.15, 0.2) is 5.82 Å². The number of hydrogen-bond donors (Lipinski definition) is 2. The van der Waals surface area contributed by atoms with E-state index in [-0.39, 0.29) is 6.04 Å². The van der Waals surface area contributed by atoms with Gasteiger partial charge in [0.2, 0.25) is 5.95 Å². The van der Waals surface area contributed by atoms with E-state index in [1.54, 1.807) is 6.07 Å². The SMILES string of the molecule is CC1CCN(c2n[nH]c(-c3cc(Cl)cc(Cl)c3)n2)CC1N. The number of aromatic nitrogens is 3. The lowest BCUT2D eigenvalue weighted by molar-refractivity contribution is 0.376. The first-order valence-electron chi connectivity index (χ1n) is 6.92. The first-order chi connectivity index (χ1) is 10.0. The van der Waals surface area contributed by atoms with Crippen molar-refractivity contribution >= 4 is 29.2 Å². The molecule has 1 saturated heterocycles. The fraction of sp³-hybridized carbons (Fsp3) is 0.429. The zero-order valence-corrected chi connectivity index (χ0v) is 13.2. The highest BCUT2D eigenvalue weighted by molar-refractivity contribution is 6.35. The summed E-state index contributed by atoms with van der Waals surface area (Å²) < 4.78 is 0. The van der Waals surface area contributed by atoms with Crippen molar-refractivity contribution in [1.29, 1.82) is 0 Å². The molecular weight excluding hydrogens is 309 g/mol. The molecule has 1 aliphatic heterocycles. The molecule has 0 aliphatic carbocycles. The van der Waals surface area contributed by atoms with Crippen molar-refractivity contribution in [2.24, 2.45) is 11.7 Å². The standard InChI is InChI=1S/C14H17Cl2N5/c1-8-2-3-21(7-12(8)17)14-18-13(19-20-14)9-4-10(15)6-11(16)5-9/h4-6,8,12H,2-3,7,17H2,1H3,(H,18,19,20). The van der Waals surface area contributed by atoms with Crippen LogP contribution in [0.1, 0.15) is 13.3 Å². The van der Waals surface area contributed by atoms with Crippen LogP contribution in [0.5, 0.6) is 0 Å². The Morgan fingerprint density at radius 2 is 2.00 bits per heavy atom. The minimum atomic E-state index is 0.154. The number of benzene rings is 1. The molecular formula is C14H17Cl2N5. The van der Waals surface area contributed by atoms with Crippen LogP contribution < -0.4 is 10.6 Å². The number of nitrogens with zero attached hydrogens (tertiary/aromatic N) is 3. The maximum atomic E-state index is 6.12. The molecule has 0 spiro atoms. The van der Waals surface area contributed by atoms with Gasteiger partial charge >= 0.3 is 0 Å². The van der Waals surface area contributed by atoms with Gasteiger partial charge in [-0.2, -0.15) is 4.98 Å². The van der Waals surface area contributed by atoms with Crippen molar-refractivity contribution in [2.45, 2.75) is 19.4 Å². The Hall–Kier alpha value is -1.30. The van der Waals surface area contributed by atoms with Gasteiger partial charge in [-0.05, 0) is 30.5 Å². The third-order valence-corrected chi connectivity index (χ3v) is 4.35. The minimum Gasteiger partial charge on any atom is -0.338 e. The molecule has 2 aromatic rings. The molecule has 112 valence electrons. The van der Waals surface area contributed by atoms with Crippen LogP contribution in [0.25, 0.3) is 11.4 Å². The Balaban J connectivity index is 1.83. The minimum absolute atomic E-state index is 0.154. The molecule has 0 amide bonds. The van der Waals surface area contributed by atoms with Gasteiger partial charge in [0.05, 0.1) is 0 Å². The lowest BCUT2D eigenvalue weighted by Crippen LogP contribution is -2.48. The number of halogens is 2. The van der Waals surface area contributed by atoms with Crippen molar-refractivity contribution in [3.63, 3.8) is 0 Å². The van der Waals surface area contributed by atoms with Gasteiger partial charge in [0, 0.05) is 34.7 Å². The van der Waals surface area contributed by atoms with Crippen LogP contribution in [0.3, 0.4) is 0 Å². The average molecular weight is 326 g/mol. The number of piperidine rings is 1. The van der Waals surface area contributed by atoms with Crippen molar-refractivity contribution in [2.75, 3.05) is 18.0 Å². The van der Waals surface area contributed by atoms with Crippen LogP contribution in [0.2, 0.25) is 10.0 Å². The van der Waals surface area contributed by atoms with E-state index in [0.717, 1.165) is 25.1 Å². The van der Waals surface area contributed by atoms with Gasteiger partial charge in [0.25, 0.3) is 0 Å². The van der Waals surface area contributed by atoms with Crippen LogP contribution in [0.4, 0.5) is 5.95 Å². The molecule has 1 fully saturated rings. The lowest BCUT2D eigenvalue weighted by Gasteiger charge is -2.34. The molecule has 3 N–H and O–H groups in total. The van der Waals surface area contributed by atoms with Crippen LogP contribution in [-0.2, 0) is 0 Å². The number of H-pyrrole nitrogens is 1. The third-order valence-electron chi connectivity index (χ3n) is 3.91. The summed E-state index contributed by atoms with van der Waals surface area (Å²) in [6, 6.07) is 5.46. The van der Waals surface area contributed by atoms with Crippen molar-refractivity contribution in [1.82, 2.24) is 15.2 Å². The molecule has 7 heteroatoms. The predicted molar refractivity (Wildman–Crippen MR) is 85.8 cm³/mol. The summed E-state index contributed by atoms with van der Waals surface area (Å²) in [7, 11) is 0. The first kappa shape index (κ1) is 14.6. The van der Waals surface area contributed by atoms with Crippen LogP contribution in [-0.4, -0.2) is 34.3 Å². The highest BCUT2D eigenvalue weighted by atomic mass is 35.5. The molecule has 2 atom stereocenters. The van der Waals surface area contributed by atoms with Gasteiger partial charge in [0.1, 0.15) is 0 Å². The first-order valence-corrected chi connectivity index (χ1v) is 7.68. The quantitative estimate of drug-likeness (QED) is 0.890. The highest BCUT2D eigenvalue weighted by Crippen LogP contribution is 2.27. The summed E-state index contributed by atoms with van der Waals surface area (Å²) in [6.45, 7) is 3.87. The predicted octanol–water partition coefficient (Wildman–Crippen LogP) is 2.95. The molecule has 1 aromatic carbocycles. The summed E-state index contributed by atoms with van der Waals surface area (Å²) in [5.74, 6) is 1.86. The second kappa shape index (κ2) is 5.83. The van der Waals surface area contributed by atoms with E-state index in [9.17, 15) is 0 Å². The monoisotopic (exact) mass is 325 g/mol. The summed E-state index contributed by atoms with van der Waals surface area (Å²) in [5, 5.41) is 8.37. The van der Waals surface area contributed by atoms with Crippen molar-refractivity contribution in [3.05, 3.63) is 28.2 Å². The second-order valence-corrected chi connectivity index (χ2v) is 6.39. The molecule has 3 rings (SSSR count). The Bertz CT molecular complexity index is 622. The van der Waals surface area contributed by atoms with Gasteiger partial charge in [-0.3, -0.25) is 5.10 Å². The van der Waals surface area contributed by atoms with E-state index < -0.39 is 0 Å². The molecule has 1 aliphatic rings. The van der Waals surface area contributed by atoms with E-state index in [1.165, 1.54) is 0 Å². The van der Waals surface area contributed by atoms with Crippen LogP contribution in [0.15, 0.2) is 18.2 Å². The van der Waals surface area contributed by atoms with E-state index in [1.807, 2.05) is 12.1 Å². The number of anilines is 1. The lowest BCUT2D eigenvalue weighted by atomic mass is 9.95. The van der Waals surface area contributed by atoms with Gasteiger partial charge in [-0.15, -0.1) is 5.10 Å². The van der Waals surface area contributed by atoms with E-state index in [0.29, 0.717) is 27.7 Å². The maximum Gasteiger partial charge on any atom is 0.245 e. The van der Waals surface area contributed by atoms with E-state index in [4.69, 9.17) is 28.9 Å². The number of aromatic amines is 1. The van der Waals surface area contributed by atoms with Gasteiger partial charge < -0.3 is 10.6 Å². The third kappa shape index (κ3) is 3.15.